The second kappa shape index (κ2) is 8.40. The normalized spacial score (nSPS) is 10.9. The second-order valence-corrected chi connectivity index (χ2v) is 2.98. The third kappa shape index (κ3) is 6.04. The van der Waals surface area contributed by atoms with Crippen molar-refractivity contribution in [3.63, 3.8) is 0 Å². The lowest BCUT2D eigenvalue weighted by molar-refractivity contribution is 0.306. The largest absolute Gasteiger partial charge is 0.473 e. The van der Waals surface area contributed by atoms with Gasteiger partial charge in [-0.1, -0.05) is 26.5 Å². The molecule has 0 aliphatic rings. The van der Waals surface area contributed by atoms with E-state index >= 15 is 0 Å². The summed E-state index contributed by atoms with van der Waals surface area (Å²) in [5, 5.41) is 2.31. The quantitative estimate of drug-likeness (QED) is 0.373. The molecular formula is C9H15NOS. The Morgan fingerprint density at radius 2 is 2.33 bits per heavy atom. The van der Waals surface area contributed by atoms with E-state index in [1.54, 1.807) is 5.41 Å². The molecule has 0 N–H and O–H groups in total. The highest BCUT2D eigenvalue weighted by Crippen LogP contribution is 2.07. The van der Waals surface area contributed by atoms with Gasteiger partial charge in [0.2, 0.25) is 0 Å². The topological polar surface area (TPSA) is 21.6 Å². The van der Waals surface area contributed by atoms with Crippen LogP contribution in [0, 0.1) is 0 Å². The molecule has 0 saturated heterocycles. The van der Waals surface area contributed by atoms with Crippen molar-refractivity contribution in [2.75, 3.05) is 6.61 Å². The maximum atomic E-state index is 5.33. The zero-order valence-electron chi connectivity index (χ0n) is 7.45. The van der Waals surface area contributed by atoms with Gasteiger partial charge in [0.1, 0.15) is 0 Å². The van der Waals surface area contributed by atoms with E-state index in [1.165, 1.54) is 18.0 Å². The summed E-state index contributed by atoms with van der Waals surface area (Å²) in [5.41, 5.74) is 0. The molecule has 0 heterocycles. The second-order valence-electron chi connectivity index (χ2n) is 2.06. The summed E-state index contributed by atoms with van der Waals surface area (Å²) >= 11 is 1.37. The van der Waals surface area contributed by atoms with Crippen LogP contribution in [0.4, 0.5) is 0 Å². The third-order valence-electron chi connectivity index (χ3n) is 1.10. The fourth-order valence-electron chi connectivity index (χ4n) is 0.551. The van der Waals surface area contributed by atoms with Crippen molar-refractivity contribution in [2.45, 2.75) is 19.8 Å². The monoisotopic (exact) mass is 185 g/mol. The molecule has 0 aromatic carbocycles. The van der Waals surface area contributed by atoms with Gasteiger partial charge in [-0.25, -0.2) is 4.99 Å². The van der Waals surface area contributed by atoms with Crippen molar-refractivity contribution < 1.29 is 4.74 Å². The van der Waals surface area contributed by atoms with Crippen molar-refractivity contribution in [3.05, 3.63) is 24.8 Å². The molecule has 0 aliphatic carbocycles. The lowest BCUT2D eigenvalue weighted by Crippen LogP contribution is -2.00. The van der Waals surface area contributed by atoms with Crippen molar-refractivity contribution in [2.24, 2.45) is 4.99 Å². The van der Waals surface area contributed by atoms with Crippen LogP contribution in [0.3, 0.4) is 0 Å². The molecule has 0 amide bonds. The summed E-state index contributed by atoms with van der Waals surface area (Å²) in [6.45, 7) is 9.91. The van der Waals surface area contributed by atoms with Gasteiger partial charge in [0, 0.05) is 6.20 Å². The van der Waals surface area contributed by atoms with Crippen LogP contribution in [-0.4, -0.2) is 11.8 Å². The zero-order valence-corrected chi connectivity index (χ0v) is 8.27. The van der Waals surface area contributed by atoms with Crippen LogP contribution in [-0.2, 0) is 4.74 Å². The highest BCUT2D eigenvalue weighted by Gasteiger charge is 1.95. The molecule has 0 atom stereocenters. The number of thioether (sulfide) groups is 1. The number of hydrogen-bond donors (Lipinski definition) is 0. The Morgan fingerprint density at radius 1 is 1.58 bits per heavy atom. The van der Waals surface area contributed by atoms with Crippen molar-refractivity contribution >= 4 is 17.0 Å². The molecule has 0 aliphatic heterocycles. The maximum absolute atomic E-state index is 5.33. The fourth-order valence-corrected chi connectivity index (χ4v) is 0.981. The van der Waals surface area contributed by atoms with Gasteiger partial charge in [0.05, 0.1) is 6.61 Å². The smallest absolute Gasteiger partial charge is 0.254 e. The molecule has 0 radical (unpaired) electrons. The first-order valence-electron chi connectivity index (χ1n) is 3.94. The van der Waals surface area contributed by atoms with Gasteiger partial charge in [0.25, 0.3) is 5.23 Å². The van der Waals surface area contributed by atoms with Crippen LogP contribution in [0.25, 0.3) is 0 Å². The number of aliphatic imine (C=N–C) groups is 1. The van der Waals surface area contributed by atoms with E-state index in [9.17, 15) is 0 Å². The minimum Gasteiger partial charge on any atom is -0.473 e. The van der Waals surface area contributed by atoms with Gasteiger partial charge < -0.3 is 4.74 Å². The summed E-state index contributed by atoms with van der Waals surface area (Å²) in [7, 11) is 0. The van der Waals surface area contributed by atoms with Crippen molar-refractivity contribution in [1.82, 2.24) is 0 Å². The summed E-state index contributed by atoms with van der Waals surface area (Å²) in [4.78, 5) is 3.94. The molecule has 0 spiro atoms. The minimum atomic E-state index is 0.619. The van der Waals surface area contributed by atoms with Crippen molar-refractivity contribution in [1.29, 1.82) is 0 Å². The van der Waals surface area contributed by atoms with E-state index < -0.39 is 0 Å². The summed E-state index contributed by atoms with van der Waals surface area (Å²) in [6, 6.07) is 0. The van der Waals surface area contributed by atoms with Crippen LogP contribution in [0.2, 0.25) is 0 Å². The first kappa shape index (κ1) is 11.3. The Kier molecular flexibility index (Phi) is 7.91. The van der Waals surface area contributed by atoms with E-state index in [0.29, 0.717) is 11.8 Å². The third-order valence-corrected chi connectivity index (χ3v) is 1.70. The Morgan fingerprint density at radius 3 is 2.83 bits per heavy atom. The first-order chi connectivity index (χ1) is 5.85. The first-order valence-corrected chi connectivity index (χ1v) is 4.82. The van der Waals surface area contributed by atoms with Crippen LogP contribution in [0.15, 0.2) is 29.8 Å². The Hall–Kier alpha value is -0.700. The molecule has 0 saturated carbocycles. The van der Waals surface area contributed by atoms with Crippen LogP contribution >= 0.6 is 11.8 Å². The van der Waals surface area contributed by atoms with Gasteiger partial charge >= 0.3 is 0 Å². The molecule has 0 bridgehead atoms. The van der Waals surface area contributed by atoms with Gasteiger partial charge in [-0.15, -0.1) is 0 Å². The number of rotatable bonds is 5. The molecule has 2 nitrogen and oxygen atoms in total. The van der Waals surface area contributed by atoms with E-state index in [1.807, 2.05) is 0 Å². The predicted molar refractivity (Wildman–Crippen MR) is 56.3 cm³/mol. The molecule has 12 heavy (non-hydrogen) atoms. The van der Waals surface area contributed by atoms with Gasteiger partial charge in [0.15, 0.2) is 0 Å². The molecule has 0 fully saturated rings. The van der Waals surface area contributed by atoms with Gasteiger partial charge in [-0.05, 0) is 23.6 Å². The molecule has 3 heteroatoms. The highest BCUT2D eigenvalue weighted by atomic mass is 32.2. The standard InChI is InChI=1S/C9H15NOS/c1-4-7-8-11-9(10-5-2)12-6-3/h5-6H,2-4,7-8H2,1H3. The fraction of sp³-hybridized carbons (Fsp3) is 0.444. The summed E-state index contributed by atoms with van der Waals surface area (Å²) in [5.74, 6) is 0. The Labute approximate surface area is 78.4 Å². The molecule has 0 aromatic heterocycles. The lowest BCUT2D eigenvalue weighted by atomic mass is 10.4. The van der Waals surface area contributed by atoms with E-state index in [-0.39, 0.29) is 0 Å². The summed E-state index contributed by atoms with van der Waals surface area (Å²) in [6.07, 6.45) is 3.64. The van der Waals surface area contributed by atoms with Gasteiger partial charge in [-0.2, -0.15) is 0 Å². The van der Waals surface area contributed by atoms with Gasteiger partial charge in [-0.3, -0.25) is 0 Å². The van der Waals surface area contributed by atoms with E-state index in [2.05, 4.69) is 25.1 Å². The summed E-state index contributed by atoms with van der Waals surface area (Å²) < 4.78 is 5.33. The lowest BCUT2D eigenvalue weighted by Gasteiger charge is -2.03. The molecular weight excluding hydrogens is 170 g/mol. The number of hydrogen-bond acceptors (Lipinski definition) is 3. The SMILES string of the molecule is C=CN=C(OCCCC)SC=C. The van der Waals surface area contributed by atoms with Crippen LogP contribution in [0.5, 0.6) is 0 Å². The minimum absolute atomic E-state index is 0.619. The molecule has 0 aromatic rings. The van der Waals surface area contributed by atoms with E-state index in [0.717, 1.165) is 12.8 Å². The molecule has 0 rings (SSSR count). The maximum Gasteiger partial charge on any atom is 0.254 e. The Bertz CT molecular complexity index is 166. The number of ether oxygens (including phenoxy) is 1. The van der Waals surface area contributed by atoms with Crippen LogP contribution < -0.4 is 0 Å². The van der Waals surface area contributed by atoms with Crippen LogP contribution in [0.1, 0.15) is 19.8 Å². The number of unbranched alkanes of at least 4 members (excludes halogenated alkanes) is 1. The predicted octanol–water partition coefficient (Wildman–Crippen LogP) is 3.18. The average Bonchev–Trinajstić information content (AvgIpc) is 2.06. The Balaban J connectivity index is 3.70. The highest BCUT2D eigenvalue weighted by molar-refractivity contribution is 8.16. The molecule has 68 valence electrons. The van der Waals surface area contributed by atoms with Crippen molar-refractivity contribution in [3.8, 4) is 0 Å². The average molecular weight is 185 g/mol. The number of nitrogens with zero attached hydrogens (tertiary/aromatic N) is 1. The zero-order chi connectivity index (χ0) is 9.23. The van der Waals surface area contributed by atoms with E-state index in [4.69, 9.17) is 4.74 Å². The molecule has 0 unspecified atom stereocenters.